The van der Waals surface area contributed by atoms with Crippen molar-refractivity contribution in [2.45, 2.75) is 51.8 Å². The molecule has 0 saturated carbocycles. The molecule has 0 aliphatic carbocycles. The van der Waals surface area contributed by atoms with E-state index in [1.807, 2.05) is 18.2 Å². The van der Waals surface area contributed by atoms with Crippen LogP contribution in [0.2, 0.25) is 0 Å². The fourth-order valence-electron chi connectivity index (χ4n) is 5.69. The normalized spacial score (nSPS) is 14.4. The maximum atomic E-state index is 15.9. The molecular formula is C33H43FN8O3. The number of carbonyl (C=O) groups is 1. The van der Waals surface area contributed by atoms with Gasteiger partial charge in [0.05, 0.1) is 41.4 Å². The third kappa shape index (κ3) is 7.58. The minimum atomic E-state index is -1.11. The molecule has 0 atom stereocenters. The molecule has 4 heterocycles. The van der Waals surface area contributed by atoms with Crippen molar-refractivity contribution < 1.29 is 19.0 Å². The van der Waals surface area contributed by atoms with Crippen LogP contribution in [0.4, 0.5) is 16.0 Å². The predicted molar refractivity (Wildman–Crippen MR) is 174 cm³/mol. The highest BCUT2D eigenvalue weighted by Crippen LogP contribution is 2.32. The number of piperidine rings is 1. The lowest BCUT2D eigenvalue weighted by molar-refractivity contribution is 0.0630. The monoisotopic (exact) mass is 618 g/mol. The van der Waals surface area contributed by atoms with E-state index in [9.17, 15) is 9.90 Å². The van der Waals surface area contributed by atoms with Gasteiger partial charge in [0, 0.05) is 56.0 Å². The molecule has 12 heteroatoms. The lowest BCUT2D eigenvalue weighted by Gasteiger charge is -2.34. The van der Waals surface area contributed by atoms with Crippen LogP contribution >= 0.6 is 0 Å². The van der Waals surface area contributed by atoms with Crippen LogP contribution < -0.4 is 20.3 Å². The molecule has 1 aliphatic rings. The molecule has 1 amide bonds. The number of carbonyl (C=O) groups excluding carboxylic acids is 1. The Balaban J connectivity index is 1.42. The highest BCUT2D eigenvalue weighted by Gasteiger charge is 2.26. The van der Waals surface area contributed by atoms with Crippen LogP contribution in [0, 0.1) is 12.7 Å². The van der Waals surface area contributed by atoms with Crippen LogP contribution in [-0.2, 0) is 6.54 Å². The Morgan fingerprint density at radius 2 is 1.93 bits per heavy atom. The maximum absolute atomic E-state index is 15.9. The summed E-state index contributed by atoms with van der Waals surface area (Å²) in [5, 5.41) is 17.3. The molecule has 5 rings (SSSR count). The van der Waals surface area contributed by atoms with Gasteiger partial charge in [-0.15, -0.1) is 0 Å². The number of likely N-dealkylation sites (N-methyl/N-ethyl adjacent to an activating group) is 1. The molecule has 1 aliphatic heterocycles. The molecule has 0 bridgehead atoms. The number of aryl methyl sites for hydroxylation is 1. The van der Waals surface area contributed by atoms with Crippen molar-refractivity contribution in [3.8, 4) is 17.0 Å². The Morgan fingerprint density at radius 3 is 2.62 bits per heavy atom. The third-order valence-electron chi connectivity index (χ3n) is 7.94. The minimum absolute atomic E-state index is 0.0311. The average Bonchev–Trinajstić information content (AvgIpc) is 3.32. The van der Waals surface area contributed by atoms with Crippen molar-refractivity contribution >= 4 is 28.6 Å². The molecule has 3 aromatic heterocycles. The first-order valence-corrected chi connectivity index (χ1v) is 15.3. The van der Waals surface area contributed by atoms with E-state index >= 15 is 4.39 Å². The van der Waals surface area contributed by atoms with Crippen LogP contribution in [0.3, 0.4) is 0 Å². The molecule has 1 fully saturated rings. The van der Waals surface area contributed by atoms with Crippen molar-refractivity contribution in [2.75, 3.05) is 57.6 Å². The van der Waals surface area contributed by atoms with Gasteiger partial charge in [0.2, 0.25) is 5.95 Å². The number of hydrogen-bond donors (Lipinski definition) is 3. The molecule has 3 N–H and O–H groups in total. The summed E-state index contributed by atoms with van der Waals surface area (Å²) in [7, 11) is 5.64. The van der Waals surface area contributed by atoms with Gasteiger partial charge in [-0.1, -0.05) is 0 Å². The molecule has 1 saturated heterocycles. The summed E-state index contributed by atoms with van der Waals surface area (Å²) < 4.78 is 23.0. The highest BCUT2D eigenvalue weighted by atomic mass is 19.1. The molecule has 4 aromatic rings. The van der Waals surface area contributed by atoms with Crippen molar-refractivity contribution in [3.05, 3.63) is 59.8 Å². The maximum Gasteiger partial charge on any atom is 0.261 e. The van der Waals surface area contributed by atoms with Gasteiger partial charge >= 0.3 is 0 Å². The van der Waals surface area contributed by atoms with Gasteiger partial charge in [-0.3, -0.25) is 15.1 Å². The SMILES string of the molecule is COc1ccncc1-c1nc(C)cc(C(=O)Nc2nc3ccc(N4CCC(NCCN(C)C)CC4)cc3n2CC(C)(C)O)c1F. The summed E-state index contributed by atoms with van der Waals surface area (Å²) in [6.45, 7) is 9.06. The lowest BCUT2D eigenvalue weighted by atomic mass is 10.0. The largest absolute Gasteiger partial charge is 0.496 e. The number of aliphatic hydroxyl groups is 1. The second-order valence-corrected chi connectivity index (χ2v) is 12.5. The van der Waals surface area contributed by atoms with Gasteiger partial charge in [0.25, 0.3) is 5.91 Å². The molecule has 1 aromatic carbocycles. The Hall–Kier alpha value is -4.13. The number of benzene rings is 1. The number of ether oxygens (including phenoxy) is 1. The number of amides is 1. The van der Waals surface area contributed by atoms with Crippen molar-refractivity contribution in [1.29, 1.82) is 0 Å². The van der Waals surface area contributed by atoms with Crippen molar-refractivity contribution in [1.82, 2.24) is 29.7 Å². The van der Waals surface area contributed by atoms with E-state index in [4.69, 9.17) is 4.74 Å². The number of aromatic nitrogens is 4. The summed E-state index contributed by atoms with van der Waals surface area (Å²) >= 11 is 0. The van der Waals surface area contributed by atoms with Gasteiger partial charge < -0.3 is 29.5 Å². The van der Waals surface area contributed by atoms with E-state index in [0.29, 0.717) is 28.6 Å². The van der Waals surface area contributed by atoms with Gasteiger partial charge in [-0.05, 0) is 78.0 Å². The number of nitrogens with zero attached hydrogens (tertiary/aromatic N) is 6. The second kappa shape index (κ2) is 13.5. The van der Waals surface area contributed by atoms with E-state index in [0.717, 1.165) is 50.2 Å². The van der Waals surface area contributed by atoms with Crippen molar-refractivity contribution in [2.24, 2.45) is 0 Å². The summed E-state index contributed by atoms with van der Waals surface area (Å²) in [5.41, 5.74) is 1.94. The Kier molecular flexibility index (Phi) is 9.66. The predicted octanol–water partition coefficient (Wildman–Crippen LogP) is 4.09. The smallest absolute Gasteiger partial charge is 0.261 e. The fraction of sp³-hybridized carbons (Fsp3) is 0.455. The lowest BCUT2D eigenvalue weighted by Crippen LogP contribution is -2.44. The van der Waals surface area contributed by atoms with E-state index in [1.165, 1.54) is 25.6 Å². The van der Waals surface area contributed by atoms with Crippen LogP contribution in [0.1, 0.15) is 42.7 Å². The molecule has 0 spiro atoms. The van der Waals surface area contributed by atoms with Gasteiger partial charge in [0.15, 0.2) is 5.82 Å². The van der Waals surface area contributed by atoms with Crippen LogP contribution in [0.15, 0.2) is 42.7 Å². The zero-order valence-corrected chi connectivity index (χ0v) is 26.9. The van der Waals surface area contributed by atoms with Gasteiger partial charge in [-0.25, -0.2) is 14.4 Å². The van der Waals surface area contributed by atoms with E-state index in [2.05, 4.69) is 49.5 Å². The topological polar surface area (TPSA) is 121 Å². The summed E-state index contributed by atoms with van der Waals surface area (Å²) in [6.07, 6.45) is 5.07. The third-order valence-corrected chi connectivity index (χ3v) is 7.94. The Morgan fingerprint density at radius 1 is 1.18 bits per heavy atom. The minimum Gasteiger partial charge on any atom is -0.496 e. The van der Waals surface area contributed by atoms with E-state index < -0.39 is 17.3 Å². The van der Waals surface area contributed by atoms with E-state index in [1.54, 1.807) is 31.4 Å². The summed E-state index contributed by atoms with van der Waals surface area (Å²) in [5.74, 6) is -0.872. The molecule has 45 heavy (non-hydrogen) atoms. The van der Waals surface area contributed by atoms with Crippen LogP contribution in [0.5, 0.6) is 5.75 Å². The molecule has 240 valence electrons. The number of imidazole rings is 1. The molecule has 0 unspecified atom stereocenters. The van der Waals surface area contributed by atoms with Crippen LogP contribution in [-0.4, -0.2) is 94.5 Å². The average molecular weight is 619 g/mol. The zero-order chi connectivity index (χ0) is 32.3. The first-order valence-electron chi connectivity index (χ1n) is 15.3. The molecule has 11 nitrogen and oxygen atoms in total. The summed E-state index contributed by atoms with van der Waals surface area (Å²) in [4.78, 5) is 31.3. The van der Waals surface area contributed by atoms with Gasteiger partial charge in [-0.2, -0.15) is 0 Å². The number of anilines is 2. The quantitative estimate of drug-likeness (QED) is 0.228. The fourth-order valence-corrected chi connectivity index (χ4v) is 5.69. The Labute approximate surface area is 263 Å². The van der Waals surface area contributed by atoms with E-state index in [-0.39, 0.29) is 23.8 Å². The molecular weight excluding hydrogens is 575 g/mol. The van der Waals surface area contributed by atoms with Crippen molar-refractivity contribution in [3.63, 3.8) is 0 Å². The summed E-state index contributed by atoms with van der Waals surface area (Å²) in [6, 6.07) is 9.51. The highest BCUT2D eigenvalue weighted by molar-refractivity contribution is 6.05. The first kappa shape index (κ1) is 32.3. The number of halogens is 1. The number of fused-ring (bicyclic) bond motifs is 1. The number of methoxy groups -OCH3 is 1. The molecule has 0 radical (unpaired) electrons. The zero-order valence-electron chi connectivity index (χ0n) is 26.9. The first-order chi connectivity index (χ1) is 21.4. The number of rotatable bonds is 11. The second-order valence-electron chi connectivity index (χ2n) is 12.5. The number of pyridine rings is 2. The number of hydrogen-bond acceptors (Lipinski definition) is 9. The number of nitrogens with one attached hydrogen (secondary N) is 2. The Bertz CT molecular complexity index is 1660. The van der Waals surface area contributed by atoms with Gasteiger partial charge in [0.1, 0.15) is 11.4 Å². The van der Waals surface area contributed by atoms with Crippen LogP contribution in [0.25, 0.3) is 22.3 Å². The standard InChI is InChI=1S/C33H43FN8O3/c1-21-17-24(29(34)30(37-21)25-19-35-12-9-28(25)45-6)31(43)39-32-38-26-8-7-23(18-27(26)42(32)20-33(2,3)44)41-14-10-22(11-15-41)36-13-16-40(4)5/h7-9,12,17-19,22,36,44H,10-11,13-16,20H2,1-6H3,(H,38,39,43).